The lowest BCUT2D eigenvalue weighted by atomic mass is 10.0. The molecule has 1 aromatic carbocycles. The van der Waals surface area contributed by atoms with Crippen molar-refractivity contribution >= 4 is 11.7 Å². The Morgan fingerprint density at radius 2 is 2.00 bits per heavy atom. The van der Waals surface area contributed by atoms with Gasteiger partial charge in [-0.1, -0.05) is 6.07 Å². The van der Waals surface area contributed by atoms with Gasteiger partial charge in [-0.15, -0.1) is 0 Å². The Hall–Kier alpha value is -2.96. The van der Waals surface area contributed by atoms with Crippen LogP contribution in [0.3, 0.4) is 0 Å². The number of hydrogen-bond acceptors (Lipinski definition) is 3. The number of carbonyl (C=O) groups excluding carboxylic acids is 1. The predicted octanol–water partition coefficient (Wildman–Crippen LogP) is 4.00. The SMILES string of the molecule is Cc1ccc(-c2cc(NC(=O)C(C)c3ccc(F)c(F)c3)n[nH]2)o1. The first-order valence-corrected chi connectivity index (χ1v) is 7.32. The molecule has 0 spiro atoms. The lowest BCUT2D eigenvalue weighted by Crippen LogP contribution is -2.19. The van der Waals surface area contributed by atoms with Gasteiger partial charge >= 0.3 is 0 Å². The molecule has 2 heterocycles. The van der Waals surface area contributed by atoms with E-state index >= 15 is 0 Å². The van der Waals surface area contributed by atoms with Crippen molar-refractivity contribution in [2.75, 3.05) is 5.32 Å². The van der Waals surface area contributed by atoms with Crippen LogP contribution < -0.4 is 5.32 Å². The molecular formula is C17H15F2N3O2. The molecule has 24 heavy (non-hydrogen) atoms. The maximum Gasteiger partial charge on any atom is 0.232 e. The van der Waals surface area contributed by atoms with Crippen LogP contribution in [0.4, 0.5) is 14.6 Å². The number of amides is 1. The largest absolute Gasteiger partial charge is 0.460 e. The number of H-pyrrole nitrogens is 1. The average molecular weight is 331 g/mol. The fraction of sp³-hybridized carbons (Fsp3) is 0.176. The highest BCUT2D eigenvalue weighted by atomic mass is 19.2. The third kappa shape index (κ3) is 3.19. The highest BCUT2D eigenvalue weighted by Gasteiger charge is 2.18. The molecule has 2 aromatic heterocycles. The van der Waals surface area contributed by atoms with Crippen LogP contribution in [0.2, 0.25) is 0 Å². The summed E-state index contributed by atoms with van der Waals surface area (Å²) >= 11 is 0. The van der Waals surface area contributed by atoms with Gasteiger partial charge in [-0.05, 0) is 43.7 Å². The van der Waals surface area contributed by atoms with E-state index < -0.39 is 17.6 Å². The molecule has 124 valence electrons. The molecule has 0 fully saturated rings. The molecule has 0 radical (unpaired) electrons. The van der Waals surface area contributed by atoms with Crippen molar-refractivity contribution in [1.82, 2.24) is 10.2 Å². The van der Waals surface area contributed by atoms with E-state index in [0.29, 0.717) is 22.8 Å². The molecule has 2 N–H and O–H groups in total. The summed E-state index contributed by atoms with van der Waals surface area (Å²) in [7, 11) is 0. The van der Waals surface area contributed by atoms with E-state index in [2.05, 4.69) is 15.5 Å². The summed E-state index contributed by atoms with van der Waals surface area (Å²) in [4.78, 5) is 12.3. The molecule has 7 heteroatoms. The van der Waals surface area contributed by atoms with Crippen LogP contribution >= 0.6 is 0 Å². The quantitative estimate of drug-likeness (QED) is 0.759. The number of nitrogens with zero attached hydrogens (tertiary/aromatic N) is 1. The Labute approximate surface area is 136 Å². The van der Waals surface area contributed by atoms with Gasteiger partial charge in [0.1, 0.15) is 11.5 Å². The molecule has 3 aromatic rings. The fourth-order valence-electron chi connectivity index (χ4n) is 2.26. The van der Waals surface area contributed by atoms with Gasteiger partial charge in [-0.25, -0.2) is 8.78 Å². The minimum atomic E-state index is -0.984. The van der Waals surface area contributed by atoms with Gasteiger partial charge in [-0.3, -0.25) is 9.89 Å². The molecule has 0 bridgehead atoms. The monoisotopic (exact) mass is 331 g/mol. The third-order valence-corrected chi connectivity index (χ3v) is 3.67. The number of anilines is 1. The van der Waals surface area contributed by atoms with Crippen molar-refractivity contribution in [2.45, 2.75) is 19.8 Å². The molecule has 1 atom stereocenters. The van der Waals surface area contributed by atoms with Crippen molar-refractivity contribution in [3.05, 3.63) is 59.4 Å². The number of carbonyl (C=O) groups is 1. The van der Waals surface area contributed by atoms with Crippen LogP contribution in [-0.2, 0) is 4.79 Å². The Kier molecular flexibility index (Phi) is 4.16. The van der Waals surface area contributed by atoms with Crippen LogP contribution in [0.15, 0.2) is 40.8 Å². The van der Waals surface area contributed by atoms with Crippen molar-refractivity contribution in [1.29, 1.82) is 0 Å². The number of aryl methyl sites for hydroxylation is 1. The average Bonchev–Trinajstić information content (AvgIpc) is 3.18. The normalized spacial score (nSPS) is 12.2. The second-order valence-electron chi connectivity index (χ2n) is 5.46. The number of furan rings is 1. The maximum absolute atomic E-state index is 13.3. The van der Waals surface area contributed by atoms with Crippen LogP contribution in [0.1, 0.15) is 24.2 Å². The Morgan fingerprint density at radius 1 is 1.21 bits per heavy atom. The topological polar surface area (TPSA) is 70.9 Å². The smallest absolute Gasteiger partial charge is 0.232 e. The zero-order chi connectivity index (χ0) is 17.3. The number of aromatic nitrogens is 2. The molecule has 3 rings (SSSR count). The van der Waals surface area contributed by atoms with Gasteiger partial charge in [0.25, 0.3) is 0 Å². The van der Waals surface area contributed by atoms with Gasteiger partial charge in [0.15, 0.2) is 23.2 Å². The summed E-state index contributed by atoms with van der Waals surface area (Å²) in [6.45, 7) is 3.43. The first-order valence-electron chi connectivity index (χ1n) is 7.32. The maximum atomic E-state index is 13.3. The molecule has 1 unspecified atom stereocenters. The van der Waals surface area contributed by atoms with Gasteiger partial charge in [0.05, 0.1) is 5.92 Å². The van der Waals surface area contributed by atoms with Crippen molar-refractivity contribution in [3.8, 4) is 11.5 Å². The first kappa shape index (κ1) is 15.9. The molecule has 0 aliphatic rings. The van der Waals surface area contributed by atoms with E-state index in [1.165, 1.54) is 6.07 Å². The Bertz CT molecular complexity index is 886. The van der Waals surface area contributed by atoms with E-state index in [1.54, 1.807) is 19.1 Å². The highest BCUT2D eigenvalue weighted by molar-refractivity contribution is 5.95. The number of nitrogens with one attached hydrogen (secondary N) is 2. The number of benzene rings is 1. The lowest BCUT2D eigenvalue weighted by Gasteiger charge is -2.11. The van der Waals surface area contributed by atoms with Crippen LogP contribution in [0, 0.1) is 18.6 Å². The van der Waals surface area contributed by atoms with Crippen molar-refractivity contribution < 1.29 is 18.0 Å². The van der Waals surface area contributed by atoms with E-state index in [0.717, 1.165) is 17.9 Å². The summed E-state index contributed by atoms with van der Waals surface area (Å²) in [6.07, 6.45) is 0. The number of hydrogen-bond donors (Lipinski definition) is 2. The van der Waals surface area contributed by atoms with Crippen molar-refractivity contribution in [2.24, 2.45) is 0 Å². The number of rotatable bonds is 4. The summed E-state index contributed by atoms with van der Waals surface area (Å²) in [5.41, 5.74) is 1.00. The standard InChI is InChI=1S/C17H15F2N3O2/c1-9-3-6-15(24-9)14-8-16(22-21-14)20-17(23)10(2)11-4-5-12(18)13(19)7-11/h3-8,10H,1-2H3,(H2,20,21,22,23). The molecule has 0 aliphatic carbocycles. The Morgan fingerprint density at radius 3 is 2.67 bits per heavy atom. The number of aromatic amines is 1. The summed E-state index contributed by atoms with van der Waals surface area (Å²) < 4.78 is 31.7. The Balaban J connectivity index is 1.72. The van der Waals surface area contributed by atoms with Gasteiger partial charge in [0.2, 0.25) is 5.91 Å². The predicted molar refractivity (Wildman–Crippen MR) is 84.4 cm³/mol. The summed E-state index contributed by atoms with van der Waals surface area (Å²) in [6, 6.07) is 8.64. The van der Waals surface area contributed by atoms with Gasteiger partial charge in [-0.2, -0.15) is 5.10 Å². The second-order valence-corrected chi connectivity index (χ2v) is 5.46. The molecule has 5 nitrogen and oxygen atoms in total. The minimum Gasteiger partial charge on any atom is -0.460 e. The van der Waals surface area contributed by atoms with E-state index in [4.69, 9.17) is 4.42 Å². The molecule has 0 aliphatic heterocycles. The summed E-state index contributed by atoms with van der Waals surface area (Å²) in [5.74, 6) is -1.29. The minimum absolute atomic E-state index is 0.318. The highest BCUT2D eigenvalue weighted by Crippen LogP contribution is 2.23. The summed E-state index contributed by atoms with van der Waals surface area (Å²) in [5, 5.41) is 9.40. The lowest BCUT2D eigenvalue weighted by molar-refractivity contribution is -0.117. The molecule has 0 saturated heterocycles. The third-order valence-electron chi connectivity index (χ3n) is 3.67. The fourth-order valence-corrected chi connectivity index (χ4v) is 2.26. The van der Waals surface area contributed by atoms with Crippen molar-refractivity contribution in [3.63, 3.8) is 0 Å². The van der Waals surface area contributed by atoms with E-state index in [9.17, 15) is 13.6 Å². The number of halogens is 2. The van der Waals surface area contributed by atoms with Gasteiger partial charge < -0.3 is 9.73 Å². The molecular weight excluding hydrogens is 316 g/mol. The van der Waals surface area contributed by atoms with Gasteiger partial charge in [0, 0.05) is 6.07 Å². The molecule has 0 saturated carbocycles. The first-order chi connectivity index (χ1) is 11.4. The zero-order valence-electron chi connectivity index (χ0n) is 13.1. The zero-order valence-corrected chi connectivity index (χ0v) is 13.1. The van der Waals surface area contributed by atoms with E-state index in [1.807, 2.05) is 13.0 Å². The van der Waals surface area contributed by atoms with Crippen LogP contribution in [0.5, 0.6) is 0 Å². The van der Waals surface area contributed by atoms with Crippen LogP contribution in [0.25, 0.3) is 11.5 Å². The van der Waals surface area contributed by atoms with Crippen LogP contribution in [-0.4, -0.2) is 16.1 Å². The molecule has 1 amide bonds. The second kappa shape index (κ2) is 6.27. The van der Waals surface area contributed by atoms with E-state index in [-0.39, 0.29) is 5.91 Å².